The lowest BCUT2D eigenvalue weighted by Gasteiger charge is -2.40. The van der Waals surface area contributed by atoms with E-state index in [4.69, 9.17) is 4.74 Å². The summed E-state index contributed by atoms with van der Waals surface area (Å²) in [4.78, 5) is 11.5. The van der Waals surface area contributed by atoms with E-state index in [-0.39, 0.29) is 17.3 Å². The molecule has 2 rings (SSSR count). The summed E-state index contributed by atoms with van der Waals surface area (Å²) < 4.78 is 4.74. The Morgan fingerprint density at radius 2 is 2.06 bits per heavy atom. The Bertz CT molecular complexity index is 415. The zero-order valence-corrected chi connectivity index (χ0v) is 10.9. The molecular weight excluding hydrogens is 228 g/mol. The first-order valence-electron chi connectivity index (χ1n) is 6.38. The zero-order chi connectivity index (χ0) is 13.2. The third-order valence-electron chi connectivity index (χ3n) is 4.11. The molecule has 0 radical (unpaired) electrons. The van der Waals surface area contributed by atoms with E-state index in [1.54, 1.807) is 0 Å². The lowest BCUT2D eigenvalue weighted by atomic mass is 9.66. The van der Waals surface area contributed by atoms with Crippen LogP contribution >= 0.6 is 0 Å². The van der Waals surface area contributed by atoms with Gasteiger partial charge in [-0.15, -0.1) is 0 Å². The van der Waals surface area contributed by atoms with Gasteiger partial charge >= 0.3 is 5.97 Å². The summed E-state index contributed by atoms with van der Waals surface area (Å²) in [5.74, 6) is -0.663. The SMILES string of the molecule is COC(=O)[C@@H]1CC[C@@](C)(c2ccccc2)C[C@H]1O. The number of aliphatic hydroxyl groups is 1. The lowest BCUT2D eigenvalue weighted by Crippen LogP contribution is -2.41. The second-order valence-corrected chi connectivity index (χ2v) is 5.37. The van der Waals surface area contributed by atoms with Crippen molar-refractivity contribution in [2.24, 2.45) is 5.92 Å². The Kier molecular flexibility index (Phi) is 3.71. The van der Waals surface area contributed by atoms with Crippen molar-refractivity contribution in [2.75, 3.05) is 7.11 Å². The summed E-state index contributed by atoms with van der Waals surface area (Å²) in [5.41, 5.74) is 1.18. The number of hydrogen-bond donors (Lipinski definition) is 1. The lowest BCUT2D eigenvalue weighted by molar-refractivity contribution is -0.152. The fraction of sp³-hybridized carbons (Fsp3) is 0.533. The summed E-state index contributed by atoms with van der Waals surface area (Å²) in [6.07, 6.45) is 1.57. The third kappa shape index (κ3) is 2.41. The number of carbonyl (C=O) groups excluding carboxylic acids is 1. The highest BCUT2D eigenvalue weighted by Gasteiger charge is 2.41. The van der Waals surface area contributed by atoms with Crippen LogP contribution < -0.4 is 0 Å². The van der Waals surface area contributed by atoms with Crippen LogP contribution in [0.25, 0.3) is 0 Å². The van der Waals surface area contributed by atoms with Gasteiger partial charge in [0.05, 0.1) is 19.1 Å². The molecule has 1 aromatic rings. The molecule has 0 heterocycles. The van der Waals surface area contributed by atoms with Crippen molar-refractivity contribution in [3.8, 4) is 0 Å². The highest BCUT2D eigenvalue weighted by atomic mass is 16.5. The molecule has 0 saturated heterocycles. The van der Waals surface area contributed by atoms with Crippen molar-refractivity contribution in [2.45, 2.75) is 37.7 Å². The molecule has 1 saturated carbocycles. The molecule has 3 atom stereocenters. The molecule has 0 unspecified atom stereocenters. The van der Waals surface area contributed by atoms with Gasteiger partial charge in [0.15, 0.2) is 0 Å². The Labute approximate surface area is 108 Å². The molecule has 1 aromatic carbocycles. The molecule has 0 aromatic heterocycles. The molecule has 18 heavy (non-hydrogen) atoms. The highest BCUT2D eigenvalue weighted by molar-refractivity contribution is 5.73. The largest absolute Gasteiger partial charge is 0.469 e. The van der Waals surface area contributed by atoms with E-state index in [0.717, 1.165) is 6.42 Å². The van der Waals surface area contributed by atoms with Gasteiger partial charge in [0.25, 0.3) is 0 Å². The molecule has 0 aliphatic heterocycles. The van der Waals surface area contributed by atoms with Gasteiger partial charge in [-0.25, -0.2) is 0 Å². The summed E-state index contributed by atoms with van der Waals surface area (Å²) in [6.45, 7) is 2.15. The highest BCUT2D eigenvalue weighted by Crippen LogP contribution is 2.41. The number of ether oxygens (including phenoxy) is 1. The zero-order valence-electron chi connectivity index (χ0n) is 10.9. The Balaban J connectivity index is 2.14. The van der Waals surface area contributed by atoms with Crippen LogP contribution in [-0.2, 0) is 14.9 Å². The number of aliphatic hydroxyl groups excluding tert-OH is 1. The first kappa shape index (κ1) is 13.1. The molecule has 1 fully saturated rings. The van der Waals surface area contributed by atoms with Crippen molar-refractivity contribution in [1.82, 2.24) is 0 Å². The number of methoxy groups -OCH3 is 1. The molecule has 1 aliphatic carbocycles. The fourth-order valence-electron chi connectivity index (χ4n) is 2.90. The average molecular weight is 248 g/mol. The predicted octanol–water partition coefficient (Wildman–Crippen LogP) is 2.28. The minimum absolute atomic E-state index is 0.0504. The number of esters is 1. The van der Waals surface area contributed by atoms with Crippen molar-refractivity contribution in [1.29, 1.82) is 0 Å². The van der Waals surface area contributed by atoms with Gasteiger partial charge in [0.1, 0.15) is 0 Å². The molecule has 0 amide bonds. The minimum Gasteiger partial charge on any atom is -0.469 e. The van der Waals surface area contributed by atoms with Crippen LogP contribution in [0.2, 0.25) is 0 Å². The normalized spacial score (nSPS) is 31.9. The predicted molar refractivity (Wildman–Crippen MR) is 69.2 cm³/mol. The van der Waals surface area contributed by atoms with Gasteiger partial charge in [-0.1, -0.05) is 37.3 Å². The monoisotopic (exact) mass is 248 g/mol. The van der Waals surface area contributed by atoms with Crippen LogP contribution in [0.15, 0.2) is 30.3 Å². The number of carbonyl (C=O) groups is 1. The summed E-state index contributed by atoms with van der Waals surface area (Å²) in [5, 5.41) is 10.2. The third-order valence-corrected chi connectivity index (χ3v) is 4.11. The molecule has 0 bridgehead atoms. The van der Waals surface area contributed by atoms with Crippen molar-refractivity contribution in [3.63, 3.8) is 0 Å². The van der Waals surface area contributed by atoms with Crippen LogP contribution in [0.4, 0.5) is 0 Å². The van der Waals surface area contributed by atoms with Crippen LogP contribution in [0.1, 0.15) is 31.7 Å². The van der Waals surface area contributed by atoms with Gasteiger partial charge in [-0.3, -0.25) is 4.79 Å². The number of hydrogen-bond acceptors (Lipinski definition) is 3. The minimum atomic E-state index is -0.614. The Morgan fingerprint density at radius 1 is 1.39 bits per heavy atom. The molecule has 3 heteroatoms. The van der Waals surface area contributed by atoms with Gasteiger partial charge in [0, 0.05) is 0 Å². The van der Waals surface area contributed by atoms with Gasteiger partial charge in [-0.05, 0) is 30.2 Å². The molecule has 0 spiro atoms. The number of benzene rings is 1. The smallest absolute Gasteiger partial charge is 0.311 e. The topological polar surface area (TPSA) is 46.5 Å². The van der Waals surface area contributed by atoms with Crippen LogP contribution in [0, 0.1) is 5.92 Å². The summed E-state index contributed by atoms with van der Waals surface area (Å²) in [6, 6.07) is 10.2. The first-order valence-corrected chi connectivity index (χ1v) is 6.38. The van der Waals surface area contributed by atoms with E-state index in [1.165, 1.54) is 12.7 Å². The van der Waals surface area contributed by atoms with Crippen molar-refractivity contribution >= 4 is 5.97 Å². The van der Waals surface area contributed by atoms with Crippen molar-refractivity contribution < 1.29 is 14.6 Å². The standard InChI is InChI=1S/C15H20O3/c1-15(11-6-4-3-5-7-11)9-8-12(13(16)10-15)14(17)18-2/h3-7,12-13,16H,8-10H2,1-2H3/t12-,13-,15-/m1/s1. The van der Waals surface area contributed by atoms with E-state index in [2.05, 4.69) is 19.1 Å². The quantitative estimate of drug-likeness (QED) is 0.817. The Morgan fingerprint density at radius 3 is 2.61 bits per heavy atom. The molecular formula is C15H20O3. The first-order chi connectivity index (χ1) is 8.57. The second kappa shape index (κ2) is 5.11. The van der Waals surface area contributed by atoms with E-state index in [0.29, 0.717) is 12.8 Å². The van der Waals surface area contributed by atoms with Gasteiger partial charge in [0.2, 0.25) is 0 Å². The molecule has 98 valence electrons. The van der Waals surface area contributed by atoms with Gasteiger partial charge in [-0.2, -0.15) is 0 Å². The van der Waals surface area contributed by atoms with Gasteiger partial charge < -0.3 is 9.84 Å². The summed E-state index contributed by atoms with van der Waals surface area (Å²) >= 11 is 0. The van der Waals surface area contributed by atoms with E-state index in [1.807, 2.05) is 18.2 Å². The van der Waals surface area contributed by atoms with Crippen molar-refractivity contribution in [3.05, 3.63) is 35.9 Å². The van der Waals surface area contributed by atoms with Crippen LogP contribution in [-0.4, -0.2) is 24.3 Å². The summed E-state index contributed by atoms with van der Waals surface area (Å²) in [7, 11) is 1.38. The van der Waals surface area contributed by atoms with E-state index >= 15 is 0 Å². The number of rotatable bonds is 2. The molecule has 3 nitrogen and oxygen atoms in total. The Hall–Kier alpha value is -1.35. The molecule has 1 N–H and O–H groups in total. The van der Waals surface area contributed by atoms with Crippen LogP contribution in [0.5, 0.6) is 0 Å². The van der Waals surface area contributed by atoms with E-state index in [9.17, 15) is 9.90 Å². The second-order valence-electron chi connectivity index (χ2n) is 5.37. The maximum absolute atomic E-state index is 11.5. The van der Waals surface area contributed by atoms with E-state index < -0.39 is 6.10 Å². The molecule has 1 aliphatic rings. The van der Waals surface area contributed by atoms with Crippen LogP contribution in [0.3, 0.4) is 0 Å². The average Bonchev–Trinajstić information content (AvgIpc) is 2.39. The maximum atomic E-state index is 11.5. The maximum Gasteiger partial charge on any atom is 0.311 e. The fourth-order valence-corrected chi connectivity index (χ4v) is 2.90.